The van der Waals surface area contributed by atoms with Crippen LogP contribution in [0.5, 0.6) is 0 Å². The van der Waals surface area contributed by atoms with Gasteiger partial charge in [0.1, 0.15) is 5.56 Å². The number of likely N-dealkylation sites (tertiary alicyclic amines) is 1. The predicted molar refractivity (Wildman–Crippen MR) is 95.3 cm³/mol. The summed E-state index contributed by atoms with van der Waals surface area (Å²) >= 11 is 1.59. The molecule has 26 heavy (non-hydrogen) atoms. The summed E-state index contributed by atoms with van der Waals surface area (Å²) in [6.45, 7) is 1.33. The second-order valence-electron chi connectivity index (χ2n) is 6.44. The van der Waals surface area contributed by atoms with E-state index in [0.717, 1.165) is 18.4 Å². The van der Waals surface area contributed by atoms with Crippen molar-refractivity contribution in [3.8, 4) is 11.4 Å². The maximum absolute atomic E-state index is 12.6. The molecule has 1 amide bonds. The zero-order chi connectivity index (χ0) is 17.9. The van der Waals surface area contributed by atoms with E-state index in [1.807, 2.05) is 16.8 Å². The fourth-order valence-electron chi connectivity index (χ4n) is 3.27. The fourth-order valence-corrected chi connectivity index (χ4v) is 3.91. The standard InChI is InChI=1S/C18H18N4O3S/c23-18(14-4-2-7-22(24)11-14)21-6-1-3-13(10-21)9-16-19-17(20-25-16)15-5-8-26-12-15/h2,4-5,7-8,11-13H,1,3,6,9-10H2/t13-/m1/s1. The molecule has 1 aliphatic rings. The normalized spacial score (nSPS) is 17.4. The van der Waals surface area contributed by atoms with Crippen LogP contribution in [0.3, 0.4) is 0 Å². The minimum Gasteiger partial charge on any atom is -0.619 e. The van der Waals surface area contributed by atoms with Crippen LogP contribution in [0.4, 0.5) is 0 Å². The lowest BCUT2D eigenvalue weighted by molar-refractivity contribution is -0.605. The van der Waals surface area contributed by atoms with Gasteiger partial charge < -0.3 is 14.6 Å². The first-order valence-corrected chi connectivity index (χ1v) is 9.46. The topological polar surface area (TPSA) is 86.2 Å². The molecule has 0 saturated carbocycles. The predicted octanol–water partition coefficient (Wildman–Crippen LogP) is 2.53. The van der Waals surface area contributed by atoms with Crippen LogP contribution >= 0.6 is 11.3 Å². The molecule has 4 heterocycles. The lowest BCUT2D eigenvalue weighted by atomic mass is 9.94. The number of piperidine rings is 1. The van der Waals surface area contributed by atoms with E-state index in [9.17, 15) is 10.0 Å². The number of carbonyl (C=O) groups is 1. The molecule has 1 aliphatic heterocycles. The number of carbonyl (C=O) groups excluding carboxylic acids is 1. The summed E-state index contributed by atoms with van der Waals surface area (Å²) in [5.74, 6) is 1.37. The van der Waals surface area contributed by atoms with Gasteiger partial charge in [-0.15, -0.1) is 0 Å². The Hall–Kier alpha value is -2.74. The summed E-state index contributed by atoms with van der Waals surface area (Å²) in [6.07, 6.45) is 5.27. The van der Waals surface area contributed by atoms with Gasteiger partial charge >= 0.3 is 0 Å². The van der Waals surface area contributed by atoms with E-state index in [-0.39, 0.29) is 11.8 Å². The van der Waals surface area contributed by atoms with Gasteiger partial charge in [-0.3, -0.25) is 4.79 Å². The molecule has 3 aromatic rings. The van der Waals surface area contributed by atoms with E-state index < -0.39 is 0 Å². The molecule has 1 atom stereocenters. The number of hydrogen-bond acceptors (Lipinski definition) is 6. The minimum atomic E-state index is -0.107. The van der Waals surface area contributed by atoms with Gasteiger partial charge in [-0.1, -0.05) is 5.16 Å². The van der Waals surface area contributed by atoms with Crippen molar-refractivity contribution in [2.75, 3.05) is 13.1 Å². The number of aromatic nitrogens is 3. The number of amides is 1. The van der Waals surface area contributed by atoms with Crippen LogP contribution in [-0.2, 0) is 6.42 Å². The molecule has 134 valence electrons. The lowest BCUT2D eigenvalue weighted by Crippen LogP contribution is -2.41. The maximum atomic E-state index is 12.6. The largest absolute Gasteiger partial charge is 0.619 e. The first-order valence-electron chi connectivity index (χ1n) is 8.52. The second-order valence-corrected chi connectivity index (χ2v) is 7.22. The van der Waals surface area contributed by atoms with Gasteiger partial charge in [-0.05, 0) is 36.3 Å². The number of hydrogen-bond donors (Lipinski definition) is 0. The van der Waals surface area contributed by atoms with Crippen molar-refractivity contribution < 1.29 is 14.0 Å². The molecule has 7 nitrogen and oxygen atoms in total. The summed E-state index contributed by atoms with van der Waals surface area (Å²) in [7, 11) is 0. The Morgan fingerprint density at radius 1 is 1.46 bits per heavy atom. The summed E-state index contributed by atoms with van der Waals surface area (Å²) in [5.41, 5.74) is 1.38. The summed E-state index contributed by atoms with van der Waals surface area (Å²) in [5, 5.41) is 19.4. The molecule has 0 spiro atoms. The molecular weight excluding hydrogens is 352 g/mol. The van der Waals surface area contributed by atoms with Crippen LogP contribution in [0.2, 0.25) is 0 Å². The highest BCUT2D eigenvalue weighted by Gasteiger charge is 2.27. The van der Waals surface area contributed by atoms with Gasteiger partial charge in [0.05, 0.1) is 0 Å². The molecule has 0 aromatic carbocycles. The van der Waals surface area contributed by atoms with E-state index in [2.05, 4.69) is 10.1 Å². The number of nitrogens with zero attached hydrogens (tertiary/aromatic N) is 4. The van der Waals surface area contributed by atoms with E-state index in [4.69, 9.17) is 4.52 Å². The molecule has 4 rings (SSSR count). The SMILES string of the molecule is O=C(c1ccc[n+]([O-])c1)N1CCC[C@H](Cc2nc(-c3ccsc3)no2)C1. The van der Waals surface area contributed by atoms with E-state index in [1.165, 1.54) is 12.4 Å². The molecular formula is C18H18N4O3S. The van der Waals surface area contributed by atoms with Crippen molar-refractivity contribution in [1.82, 2.24) is 15.0 Å². The fraction of sp³-hybridized carbons (Fsp3) is 0.333. The van der Waals surface area contributed by atoms with Crippen LogP contribution in [0.15, 0.2) is 45.9 Å². The zero-order valence-corrected chi connectivity index (χ0v) is 14.9. The highest BCUT2D eigenvalue weighted by molar-refractivity contribution is 7.08. The van der Waals surface area contributed by atoms with Crippen LogP contribution < -0.4 is 4.73 Å². The minimum absolute atomic E-state index is 0.107. The maximum Gasteiger partial charge on any atom is 0.259 e. The van der Waals surface area contributed by atoms with Gasteiger partial charge in [0.2, 0.25) is 11.7 Å². The molecule has 1 fully saturated rings. The number of pyridine rings is 1. The van der Waals surface area contributed by atoms with Crippen LogP contribution in [0.1, 0.15) is 29.1 Å². The van der Waals surface area contributed by atoms with E-state index in [1.54, 1.807) is 28.4 Å². The first kappa shape index (κ1) is 16.7. The zero-order valence-electron chi connectivity index (χ0n) is 14.1. The van der Waals surface area contributed by atoms with Gasteiger partial charge in [-0.25, -0.2) is 0 Å². The quantitative estimate of drug-likeness (QED) is 0.520. The van der Waals surface area contributed by atoms with Gasteiger partial charge in [0.15, 0.2) is 12.4 Å². The Morgan fingerprint density at radius 2 is 2.38 bits per heavy atom. The number of thiophene rings is 1. The van der Waals surface area contributed by atoms with Crippen molar-refractivity contribution in [2.45, 2.75) is 19.3 Å². The van der Waals surface area contributed by atoms with Gasteiger partial charge in [-0.2, -0.15) is 21.1 Å². The van der Waals surface area contributed by atoms with E-state index in [0.29, 0.717) is 41.5 Å². The highest BCUT2D eigenvalue weighted by atomic mass is 32.1. The molecule has 1 saturated heterocycles. The van der Waals surface area contributed by atoms with Crippen LogP contribution in [0, 0.1) is 11.1 Å². The van der Waals surface area contributed by atoms with Crippen molar-refractivity contribution in [3.63, 3.8) is 0 Å². The smallest absolute Gasteiger partial charge is 0.259 e. The lowest BCUT2D eigenvalue weighted by Gasteiger charge is -2.32. The Morgan fingerprint density at radius 3 is 3.19 bits per heavy atom. The summed E-state index contributed by atoms with van der Waals surface area (Å²) < 4.78 is 6.03. The third-order valence-corrected chi connectivity index (χ3v) is 5.22. The average molecular weight is 370 g/mol. The first-order chi connectivity index (χ1) is 12.7. The van der Waals surface area contributed by atoms with Crippen molar-refractivity contribution in [3.05, 3.63) is 58.0 Å². The molecule has 0 aliphatic carbocycles. The van der Waals surface area contributed by atoms with Gasteiger partial charge in [0.25, 0.3) is 5.91 Å². The second kappa shape index (κ2) is 7.25. The monoisotopic (exact) mass is 370 g/mol. The third-order valence-electron chi connectivity index (χ3n) is 4.54. The van der Waals surface area contributed by atoms with Gasteiger partial charge in [0, 0.05) is 36.5 Å². The molecule has 0 radical (unpaired) electrons. The summed E-state index contributed by atoms with van der Waals surface area (Å²) in [6, 6.07) is 5.22. The molecule has 0 N–H and O–H groups in total. The van der Waals surface area contributed by atoms with Crippen molar-refractivity contribution in [2.24, 2.45) is 5.92 Å². The summed E-state index contributed by atoms with van der Waals surface area (Å²) in [4.78, 5) is 18.9. The van der Waals surface area contributed by atoms with Crippen molar-refractivity contribution >= 4 is 17.2 Å². The third kappa shape index (κ3) is 3.60. The average Bonchev–Trinajstić information content (AvgIpc) is 3.33. The Bertz CT molecular complexity index is 893. The Labute approximate surface area is 154 Å². The molecule has 8 heteroatoms. The number of rotatable bonds is 4. The Balaban J connectivity index is 1.41. The van der Waals surface area contributed by atoms with E-state index >= 15 is 0 Å². The molecule has 0 bridgehead atoms. The van der Waals surface area contributed by atoms with Crippen LogP contribution in [0.25, 0.3) is 11.4 Å². The van der Waals surface area contributed by atoms with Crippen molar-refractivity contribution in [1.29, 1.82) is 0 Å². The molecule has 0 unspecified atom stereocenters. The Kier molecular flexibility index (Phi) is 4.66. The van der Waals surface area contributed by atoms with Crippen LogP contribution in [-0.4, -0.2) is 34.0 Å². The molecule has 3 aromatic heterocycles. The highest BCUT2D eigenvalue weighted by Crippen LogP contribution is 2.24.